The van der Waals surface area contributed by atoms with Gasteiger partial charge >= 0.3 is 6.09 Å². The Morgan fingerprint density at radius 1 is 1.52 bits per heavy atom. The summed E-state index contributed by atoms with van der Waals surface area (Å²) >= 11 is 2.28. The molecule has 0 heterocycles. The lowest BCUT2D eigenvalue weighted by molar-refractivity contribution is -0.0482. The van der Waals surface area contributed by atoms with Gasteiger partial charge in [0.15, 0.2) is 0 Å². The fourth-order valence-electron chi connectivity index (χ4n) is 3.54. The molecule has 116 valence electrons. The van der Waals surface area contributed by atoms with Crippen LogP contribution in [0.1, 0.15) is 44.6 Å². The number of halogens is 1. The van der Waals surface area contributed by atoms with Gasteiger partial charge < -0.3 is 15.6 Å². The first-order valence-electron chi connectivity index (χ1n) is 7.41. The van der Waals surface area contributed by atoms with E-state index in [1.807, 2.05) is 31.2 Å². The molecule has 1 saturated carbocycles. The summed E-state index contributed by atoms with van der Waals surface area (Å²) < 4.78 is 6.50. The van der Waals surface area contributed by atoms with Gasteiger partial charge in [-0.15, -0.1) is 0 Å². The van der Waals surface area contributed by atoms with E-state index in [1.54, 1.807) is 0 Å². The zero-order valence-electron chi connectivity index (χ0n) is 12.2. The van der Waals surface area contributed by atoms with Crippen LogP contribution in [-0.2, 0) is 10.2 Å². The highest BCUT2D eigenvalue weighted by Gasteiger charge is 2.49. The van der Waals surface area contributed by atoms with E-state index in [0.29, 0.717) is 6.42 Å². The van der Waals surface area contributed by atoms with Gasteiger partial charge in [0.1, 0.15) is 6.10 Å². The number of hydrogen-bond acceptors (Lipinski definition) is 3. The van der Waals surface area contributed by atoms with Crippen molar-refractivity contribution in [2.45, 2.75) is 56.7 Å². The molecule has 1 aliphatic rings. The highest BCUT2D eigenvalue weighted by atomic mass is 127. The second-order valence-electron chi connectivity index (χ2n) is 5.62. The number of benzene rings is 1. The van der Waals surface area contributed by atoms with Crippen LogP contribution in [0.25, 0.3) is 0 Å². The second kappa shape index (κ2) is 6.96. The first kappa shape index (κ1) is 16.5. The molecule has 4 nitrogen and oxygen atoms in total. The maximum Gasteiger partial charge on any atom is 0.404 e. The van der Waals surface area contributed by atoms with Gasteiger partial charge in [-0.25, -0.2) is 4.79 Å². The third-order valence-electron chi connectivity index (χ3n) is 4.50. The topological polar surface area (TPSA) is 72.6 Å². The van der Waals surface area contributed by atoms with Crippen LogP contribution in [0.3, 0.4) is 0 Å². The summed E-state index contributed by atoms with van der Waals surface area (Å²) in [4.78, 5) is 11.3. The molecule has 0 radical (unpaired) electrons. The first-order valence-corrected chi connectivity index (χ1v) is 8.49. The number of hydrogen-bond donors (Lipinski definition) is 2. The van der Waals surface area contributed by atoms with Gasteiger partial charge in [0.25, 0.3) is 0 Å². The van der Waals surface area contributed by atoms with E-state index in [9.17, 15) is 9.90 Å². The van der Waals surface area contributed by atoms with Gasteiger partial charge in [0, 0.05) is 3.57 Å². The average molecular weight is 403 g/mol. The third-order valence-corrected chi connectivity index (χ3v) is 5.44. The van der Waals surface area contributed by atoms with Crippen molar-refractivity contribution in [1.29, 1.82) is 0 Å². The standard InChI is InChI=1S/C16H22INO3/c1-2-13(19)16(11-7-3-4-8-12(11)17)10-6-5-9-14(16)21-15(18)20/h3-4,7-8,13-14,19H,2,5-6,9-10H2,1H3,(H2,18,20)/t13?,14-,16-/m0/s1. The number of aliphatic hydroxyl groups is 1. The lowest BCUT2D eigenvalue weighted by atomic mass is 9.63. The van der Waals surface area contributed by atoms with Crippen LogP contribution >= 0.6 is 22.6 Å². The van der Waals surface area contributed by atoms with E-state index in [2.05, 4.69) is 22.6 Å². The molecular formula is C16H22INO3. The number of ether oxygens (including phenoxy) is 1. The van der Waals surface area contributed by atoms with Crippen LogP contribution < -0.4 is 5.73 Å². The molecule has 1 fully saturated rings. The average Bonchev–Trinajstić information content (AvgIpc) is 2.47. The van der Waals surface area contributed by atoms with Gasteiger partial charge in [-0.1, -0.05) is 31.5 Å². The van der Waals surface area contributed by atoms with Gasteiger partial charge in [0.2, 0.25) is 0 Å². The molecule has 0 bridgehead atoms. The smallest absolute Gasteiger partial charge is 0.404 e. The molecule has 3 N–H and O–H groups in total. The maximum atomic E-state index is 11.3. The fourth-order valence-corrected chi connectivity index (χ4v) is 4.43. The van der Waals surface area contributed by atoms with Gasteiger partial charge in [-0.2, -0.15) is 0 Å². The Hall–Kier alpha value is -0.820. The van der Waals surface area contributed by atoms with E-state index in [-0.39, 0.29) is 6.10 Å². The molecule has 0 spiro atoms. The lowest BCUT2D eigenvalue weighted by Gasteiger charge is -2.47. The molecule has 0 saturated heterocycles. The number of amides is 1. The summed E-state index contributed by atoms with van der Waals surface area (Å²) in [7, 11) is 0. The minimum absolute atomic E-state index is 0.366. The van der Waals surface area contributed by atoms with Gasteiger partial charge in [-0.3, -0.25) is 0 Å². The summed E-state index contributed by atoms with van der Waals surface area (Å²) in [5.74, 6) is 0. The molecule has 0 aromatic heterocycles. The molecular weight excluding hydrogens is 381 g/mol. The van der Waals surface area contributed by atoms with Crippen molar-refractivity contribution in [2.75, 3.05) is 0 Å². The van der Waals surface area contributed by atoms with Crippen molar-refractivity contribution < 1.29 is 14.6 Å². The van der Waals surface area contributed by atoms with Crippen molar-refractivity contribution in [1.82, 2.24) is 0 Å². The van der Waals surface area contributed by atoms with E-state index >= 15 is 0 Å². The van der Waals surface area contributed by atoms with E-state index in [0.717, 1.165) is 34.8 Å². The molecule has 1 aliphatic carbocycles. The maximum absolute atomic E-state index is 11.3. The number of carbonyl (C=O) groups excluding carboxylic acids is 1. The van der Waals surface area contributed by atoms with Crippen molar-refractivity contribution in [2.24, 2.45) is 5.73 Å². The Morgan fingerprint density at radius 2 is 2.24 bits per heavy atom. The van der Waals surface area contributed by atoms with Crippen LogP contribution in [0.2, 0.25) is 0 Å². The monoisotopic (exact) mass is 403 g/mol. The normalized spacial score (nSPS) is 27.1. The van der Waals surface area contributed by atoms with E-state index in [1.165, 1.54) is 0 Å². The summed E-state index contributed by atoms with van der Waals surface area (Å²) in [5.41, 5.74) is 5.76. The van der Waals surface area contributed by atoms with Crippen molar-refractivity contribution in [3.8, 4) is 0 Å². The molecule has 21 heavy (non-hydrogen) atoms. The zero-order valence-corrected chi connectivity index (χ0v) is 14.4. The van der Waals surface area contributed by atoms with Crippen LogP contribution in [0.5, 0.6) is 0 Å². The Bertz CT molecular complexity index is 508. The predicted molar refractivity (Wildman–Crippen MR) is 90.1 cm³/mol. The Balaban J connectivity index is 2.53. The van der Waals surface area contributed by atoms with Crippen molar-refractivity contribution >= 4 is 28.7 Å². The van der Waals surface area contributed by atoms with E-state index in [4.69, 9.17) is 10.5 Å². The first-order chi connectivity index (χ1) is 10.0. The highest BCUT2D eigenvalue weighted by molar-refractivity contribution is 14.1. The fraction of sp³-hybridized carbons (Fsp3) is 0.562. The predicted octanol–water partition coefficient (Wildman–Crippen LogP) is 3.34. The SMILES string of the molecule is CCC(O)[C@@]1(c2ccccc2I)CCCC[C@@H]1OC(N)=O. The zero-order chi connectivity index (χ0) is 15.5. The Kier molecular flexibility index (Phi) is 5.48. The van der Waals surface area contributed by atoms with Crippen LogP contribution in [0, 0.1) is 3.57 Å². The van der Waals surface area contributed by atoms with Gasteiger partial charge in [-0.05, 0) is 59.9 Å². The van der Waals surface area contributed by atoms with Crippen molar-refractivity contribution in [3.05, 3.63) is 33.4 Å². The van der Waals surface area contributed by atoms with Crippen molar-refractivity contribution in [3.63, 3.8) is 0 Å². The van der Waals surface area contributed by atoms with Crippen LogP contribution in [-0.4, -0.2) is 23.4 Å². The van der Waals surface area contributed by atoms with Crippen LogP contribution in [0.15, 0.2) is 24.3 Å². The number of aliphatic hydroxyl groups excluding tert-OH is 1. The summed E-state index contributed by atoms with van der Waals surface area (Å²) in [6, 6.07) is 8.00. The van der Waals surface area contributed by atoms with Gasteiger partial charge in [0.05, 0.1) is 11.5 Å². The molecule has 1 unspecified atom stereocenters. The quantitative estimate of drug-likeness (QED) is 0.758. The summed E-state index contributed by atoms with van der Waals surface area (Å²) in [6.45, 7) is 1.96. The second-order valence-corrected chi connectivity index (χ2v) is 6.78. The number of nitrogens with two attached hydrogens (primary N) is 1. The molecule has 0 aliphatic heterocycles. The molecule has 1 aromatic rings. The molecule has 1 amide bonds. The molecule has 1 aromatic carbocycles. The summed E-state index contributed by atoms with van der Waals surface area (Å²) in [5, 5.41) is 10.8. The molecule has 3 atom stereocenters. The van der Waals surface area contributed by atoms with E-state index < -0.39 is 17.6 Å². The Labute approximate surface area is 139 Å². The third kappa shape index (κ3) is 3.18. The van der Waals surface area contributed by atoms with Crippen LogP contribution in [0.4, 0.5) is 4.79 Å². The minimum Gasteiger partial charge on any atom is -0.445 e. The number of rotatable bonds is 4. The largest absolute Gasteiger partial charge is 0.445 e. The molecule has 5 heteroatoms. The lowest BCUT2D eigenvalue weighted by Crippen LogP contribution is -2.53. The Morgan fingerprint density at radius 3 is 2.86 bits per heavy atom. The number of carbonyl (C=O) groups is 1. The molecule has 2 rings (SSSR count). The number of primary amides is 1. The minimum atomic E-state index is -0.763. The summed E-state index contributed by atoms with van der Waals surface area (Å²) in [6.07, 6.45) is 2.47. The highest BCUT2D eigenvalue weighted by Crippen LogP contribution is 2.46.